The Kier molecular flexibility index (Phi) is 27.6. The minimum atomic E-state index is -4.60. The zero-order chi connectivity index (χ0) is 33.1. The van der Waals surface area contributed by atoms with E-state index in [4.69, 9.17) is 19.1 Å². The minimum absolute atomic E-state index is 0.186. The van der Waals surface area contributed by atoms with Gasteiger partial charge in [-0.25, -0.2) is 4.57 Å². The van der Waals surface area contributed by atoms with Crippen molar-refractivity contribution in [2.45, 2.75) is 162 Å². The van der Waals surface area contributed by atoms with Crippen LogP contribution in [0.5, 0.6) is 0 Å². The molecule has 11 heteroatoms. The summed E-state index contributed by atoms with van der Waals surface area (Å²) >= 11 is 0. The molecular formula is C33H65O10P. The smallest absolute Gasteiger partial charge is 0.462 e. The van der Waals surface area contributed by atoms with Crippen LogP contribution in [0.3, 0.4) is 0 Å². The van der Waals surface area contributed by atoms with E-state index in [9.17, 15) is 24.2 Å². The highest BCUT2D eigenvalue weighted by Crippen LogP contribution is 2.43. The molecule has 0 bridgehead atoms. The Hall–Kier alpha value is -1.03. The molecular weight excluding hydrogens is 587 g/mol. The van der Waals surface area contributed by atoms with E-state index >= 15 is 0 Å². The third kappa shape index (κ3) is 29.7. The SMILES string of the molecule is CC(C)CCCCCCCCCCC(=O)OC[C@H](COP(=O)(O)OC[C@@H](O)CO)OC(=O)CCCCCCCCCC(C)C. The average molecular weight is 653 g/mol. The van der Waals surface area contributed by atoms with Crippen molar-refractivity contribution in [3.8, 4) is 0 Å². The van der Waals surface area contributed by atoms with Crippen LogP contribution >= 0.6 is 7.82 Å². The molecule has 0 saturated carbocycles. The molecule has 0 aromatic carbocycles. The Labute approximate surface area is 267 Å². The van der Waals surface area contributed by atoms with Gasteiger partial charge in [0.25, 0.3) is 0 Å². The van der Waals surface area contributed by atoms with Gasteiger partial charge < -0.3 is 24.6 Å². The maximum atomic E-state index is 12.5. The first-order valence-corrected chi connectivity index (χ1v) is 18.7. The fourth-order valence-electron chi connectivity index (χ4n) is 4.65. The molecule has 0 amide bonds. The Morgan fingerprint density at radius 2 is 1.02 bits per heavy atom. The molecule has 0 aliphatic heterocycles. The van der Waals surface area contributed by atoms with Crippen LogP contribution < -0.4 is 0 Å². The van der Waals surface area contributed by atoms with Gasteiger partial charge in [-0.2, -0.15) is 0 Å². The lowest BCUT2D eigenvalue weighted by Crippen LogP contribution is -2.29. The lowest BCUT2D eigenvalue weighted by Gasteiger charge is -2.20. The first-order valence-electron chi connectivity index (χ1n) is 17.2. The lowest BCUT2D eigenvalue weighted by molar-refractivity contribution is -0.161. The fourth-order valence-corrected chi connectivity index (χ4v) is 5.44. The maximum Gasteiger partial charge on any atom is 0.472 e. The summed E-state index contributed by atoms with van der Waals surface area (Å²) in [6.45, 7) is 6.88. The number of aliphatic hydroxyl groups is 2. The van der Waals surface area contributed by atoms with E-state index in [-0.39, 0.29) is 19.4 Å². The van der Waals surface area contributed by atoms with Crippen molar-refractivity contribution in [3.63, 3.8) is 0 Å². The summed E-state index contributed by atoms with van der Waals surface area (Å²) in [4.78, 5) is 34.6. The average Bonchev–Trinajstić information content (AvgIpc) is 2.97. The number of unbranched alkanes of at least 4 members (excludes halogenated alkanes) is 13. The topological polar surface area (TPSA) is 149 Å². The van der Waals surface area contributed by atoms with Gasteiger partial charge in [0.1, 0.15) is 12.7 Å². The molecule has 44 heavy (non-hydrogen) atoms. The summed E-state index contributed by atoms with van der Waals surface area (Å²) < 4.78 is 32.4. The van der Waals surface area contributed by atoms with E-state index in [0.29, 0.717) is 12.8 Å². The van der Waals surface area contributed by atoms with Gasteiger partial charge in [-0.1, -0.05) is 124 Å². The standard InChI is InChI=1S/C33H65O10P/c1-28(2)20-16-12-8-5-6-10-14-18-22-32(36)40-26-31(27-42-44(38,39)41-25-30(35)24-34)43-33(37)23-19-15-11-7-9-13-17-21-29(3)4/h28-31,34-35H,5-27H2,1-4H3,(H,38,39)/t30-,31+/m0/s1. The number of phosphoric ester groups is 1. The van der Waals surface area contributed by atoms with E-state index in [1.54, 1.807) is 0 Å². The van der Waals surface area contributed by atoms with Crippen molar-refractivity contribution in [1.29, 1.82) is 0 Å². The van der Waals surface area contributed by atoms with Gasteiger partial charge in [-0.05, 0) is 24.7 Å². The van der Waals surface area contributed by atoms with Crippen LogP contribution in [0.25, 0.3) is 0 Å². The number of hydrogen-bond donors (Lipinski definition) is 3. The van der Waals surface area contributed by atoms with E-state index in [0.717, 1.165) is 50.4 Å². The predicted molar refractivity (Wildman–Crippen MR) is 173 cm³/mol. The Bertz CT molecular complexity index is 746. The number of aliphatic hydroxyl groups excluding tert-OH is 2. The molecule has 0 aliphatic carbocycles. The van der Waals surface area contributed by atoms with Gasteiger partial charge in [-0.3, -0.25) is 18.6 Å². The molecule has 1 unspecified atom stereocenters. The molecule has 3 N–H and O–H groups in total. The molecule has 0 spiro atoms. The third-order valence-electron chi connectivity index (χ3n) is 7.37. The lowest BCUT2D eigenvalue weighted by atomic mass is 10.0. The highest BCUT2D eigenvalue weighted by molar-refractivity contribution is 7.47. The zero-order valence-electron chi connectivity index (χ0n) is 28.2. The highest BCUT2D eigenvalue weighted by atomic mass is 31.2. The van der Waals surface area contributed by atoms with Crippen LogP contribution in [0.4, 0.5) is 0 Å². The number of carbonyl (C=O) groups excluding carboxylic acids is 2. The number of phosphoric acid groups is 1. The van der Waals surface area contributed by atoms with Crippen molar-refractivity contribution in [2.75, 3.05) is 26.4 Å². The highest BCUT2D eigenvalue weighted by Gasteiger charge is 2.27. The van der Waals surface area contributed by atoms with Gasteiger partial charge in [0, 0.05) is 12.8 Å². The molecule has 0 heterocycles. The quantitative estimate of drug-likeness (QED) is 0.0387. The van der Waals surface area contributed by atoms with Crippen molar-refractivity contribution in [3.05, 3.63) is 0 Å². The van der Waals surface area contributed by atoms with Crippen molar-refractivity contribution >= 4 is 19.8 Å². The largest absolute Gasteiger partial charge is 0.472 e. The first-order chi connectivity index (χ1) is 20.9. The molecule has 0 aromatic heterocycles. The van der Waals surface area contributed by atoms with E-state index < -0.39 is 51.8 Å². The summed E-state index contributed by atoms with van der Waals surface area (Å²) in [6.07, 6.45) is 16.9. The number of rotatable bonds is 31. The van der Waals surface area contributed by atoms with Crippen LogP contribution in [0.2, 0.25) is 0 Å². The predicted octanol–water partition coefficient (Wildman–Crippen LogP) is 7.65. The normalized spacial score (nSPS) is 14.5. The third-order valence-corrected chi connectivity index (χ3v) is 8.32. The molecule has 0 fully saturated rings. The molecule has 0 aliphatic rings. The van der Waals surface area contributed by atoms with Crippen molar-refractivity contribution in [1.82, 2.24) is 0 Å². The zero-order valence-corrected chi connectivity index (χ0v) is 29.1. The second-order valence-electron chi connectivity index (χ2n) is 12.9. The van der Waals surface area contributed by atoms with Gasteiger partial charge in [-0.15, -0.1) is 0 Å². The number of esters is 2. The van der Waals surface area contributed by atoms with Crippen LogP contribution in [-0.4, -0.2) is 65.7 Å². The van der Waals surface area contributed by atoms with E-state index in [1.807, 2.05) is 0 Å². The minimum Gasteiger partial charge on any atom is -0.462 e. The monoisotopic (exact) mass is 652 g/mol. The van der Waals surface area contributed by atoms with Crippen LogP contribution in [-0.2, 0) is 32.7 Å². The van der Waals surface area contributed by atoms with Crippen LogP contribution in [0.1, 0.15) is 150 Å². The second-order valence-corrected chi connectivity index (χ2v) is 14.3. The molecule has 0 rings (SSSR count). The summed E-state index contributed by atoms with van der Waals surface area (Å²) in [7, 11) is -4.60. The van der Waals surface area contributed by atoms with Crippen molar-refractivity contribution in [2.24, 2.45) is 11.8 Å². The number of hydrogen-bond acceptors (Lipinski definition) is 9. The van der Waals surface area contributed by atoms with E-state index in [1.165, 1.54) is 57.8 Å². The van der Waals surface area contributed by atoms with E-state index in [2.05, 4.69) is 32.2 Å². The maximum absolute atomic E-state index is 12.5. The van der Waals surface area contributed by atoms with Crippen LogP contribution in [0, 0.1) is 11.8 Å². The molecule has 0 saturated heterocycles. The Morgan fingerprint density at radius 3 is 1.48 bits per heavy atom. The molecule has 0 radical (unpaired) electrons. The first kappa shape index (κ1) is 43.0. The fraction of sp³-hybridized carbons (Fsp3) is 0.939. The number of ether oxygens (including phenoxy) is 2. The Balaban J connectivity index is 4.43. The second kappa shape index (κ2) is 28.2. The summed E-state index contributed by atoms with van der Waals surface area (Å²) in [5, 5.41) is 18.2. The summed E-state index contributed by atoms with van der Waals surface area (Å²) in [5.74, 6) is 0.577. The summed E-state index contributed by atoms with van der Waals surface area (Å²) in [5.41, 5.74) is 0. The molecule has 262 valence electrons. The Morgan fingerprint density at radius 1 is 0.614 bits per heavy atom. The van der Waals surface area contributed by atoms with Crippen molar-refractivity contribution < 1.29 is 47.8 Å². The molecule has 0 aromatic rings. The van der Waals surface area contributed by atoms with Gasteiger partial charge >= 0.3 is 19.8 Å². The van der Waals surface area contributed by atoms with Gasteiger partial charge in [0.05, 0.1) is 19.8 Å². The van der Waals surface area contributed by atoms with Gasteiger partial charge in [0.2, 0.25) is 0 Å². The molecule has 3 atom stereocenters. The summed E-state index contributed by atoms with van der Waals surface area (Å²) in [6, 6.07) is 0. The van der Waals surface area contributed by atoms with Crippen LogP contribution in [0.15, 0.2) is 0 Å². The number of carbonyl (C=O) groups is 2. The van der Waals surface area contributed by atoms with Gasteiger partial charge in [0.15, 0.2) is 6.10 Å². The molecule has 10 nitrogen and oxygen atoms in total.